The van der Waals surface area contributed by atoms with E-state index in [0.29, 0.717) is 6.04 Å². The standard InChI is InChI=1S/C17H25BrN2/c18-17-12-14(11-16-5-1-2-8-19-16)6-7-15(17)13-20-9-3-4-10-20/h6-7,12,16,19H,1-5,8-11,13H2. The van der Waals surface area contributed by atoms with Crippen molar-refractivity contribution in [1.29, 1.82) is 0 Å². The molecule has 0 bridgehead atoms. The highest BCUT2D eigenvalue weighted by Crippen LogP contribution is 2.23. The Morgan fingerprint density at radius 2 is 2.00 bits per heavy atom. The zero-order chi connectivity index (χ0) is 13.8. The lowest BCUT2D eigenvalue weighted by atomic mass is 9.97. The number of halogens is 1. The highest BCUT2D eigenvalue weighted by atomic mass is 79.9. The number of likely N-dealkylation sites (tertiary alicyclic amines) is 1. The highest BCUT2D eigenvalue weighted by molar-refractivity contribution is 9.10. The summed E-state index contributed by atoms with van der Waals surface area (Å²) in [6, 6.07) is 7.66. The third-order valence-electron chi connectivity index (χ3n) is 4.60. The Hall–Kier alpha value is -0.380. The summed E-state index contributed by atoms with van der Waals surface area (Å²) in [6.07, 6.45) is 7.95. The zero-order valence-corrected chi connectivity index (χ0v) is 13.8. The van der Waals surface area contributed by atoms with Crippen LogP contribution in [0.5, 0.6) is 0 Å². The lowest BCUT2D eigenvalue weighted by Gasteiger charge is -2.24. The van der Waals surface area contributed by atoms with Gasteiger partial charge < -0.3 is 5.32 Å². The smallest absolute Gasteiger partial charge is 0.0244 e. The van der Waals surface area contributed by atoms with Gasteiger partial charge in [-0.05, 0) is 68.9 Å². The average Bonchev–Trinajstić information content (AvgIpc) is 2.96. The van der Waals surface area contributed by atoms with Gasteiger partial charge >= 0.3 is 0 Å². The summed E-state index contributed by atoms with van der Waals surface area (Å²) >= 11 is 3.77. The molecule has 1 aromatic carbocycles. The van der Waals surface area contributed by atoms with Crippen molar-refractivity contribution < 1.29 is 0 Å². The fourth-order valence-corrected chi connectivity index (χ4v) is 3.96. The lowest BCUT2D eigenvalue weighted by Crippen LogP contribution is -2.35. The van der Waals surface area contributed by atoms with E-state index in [-0.39, 0.29) is 0 Å². The van der Waals surface area contributed by atoms with Crippen LogP contribution >= 0.6 is 15.9 Å². The van der Waals surface area contributed by atoms with Crippen LogP contribution in [0.3, 0.4) is 0 Å². The summed E-state index contributed by atoms with van der Waals surface area (Å²) in [5.74, 6) is 0. The van der Waals surface area contributed by atoms with E-state index in [1.807, 2.05) is 0 Å². The number of rotatable bonds is 4. The monoisotopic (exact) mass is 336 g/mol. The molecule has 1 N–H and O–H groups in total. The van der Waals surface area contributed by atoms with E-state index in [0.717, 1.165) is 6.54 Å². The fourth-order valence-electron chi connectivity index (χ4n) is 3.41. The van der Waals surface area contributed by atoms with E-state index >= 15 is 0 Å². The van der Waals surface area contributed by atoms with E-state index in [1.165, 1.54) is 73.8 Å². The summed E-state index contributed by atoms with van der Waals surface area (Å²) in [6.45, 7) is 4.82. The SMILES string of the molecule is Brc1cc(CC2CCCCN2)ccc1CN1CCCC1. The fraction of sp³-hybridized carbons (Fsp3) is 0.647. The first-order chi connectivity index (χ1) is 9.81. The molecule has 110 valence electrons. The molecule has 20 heavy (non-hydrogen) atoms. The van der Waals surface area contributed by atoms with Gasteiger partial charge in [0.1, 0.15) is 0 Å². The molecular weight excluding hydrogens is 312 g/mol. The Kier molecular flexibility index (Phi) is 5.14. The zero-order valence-electron chi connectivity index (χ0n) is 12.2. The first-order valence-electron chi connectivity index (χ1n) is 8.04. The molecule has 2 aliphatic rings. The molecule has 0 aromatic heterocycles. The van der Waals surface area contributed by atoms with Crippen molar-refractivity contribution >= 4 is 15.9 Å². The van der Waals surface area contributed by atoms with Crippen LogP contribution in [0, 0.1) is 0 Å². The maximum Gasteiger partial charge on any atom is 0.0244 e. The molecule has 2 fully saturated rings. The van der Waals surface area contributed by atoms with Crippen molar-refractivity contribution in [2.24, 2.45) is 0 Å². The molecule has 0 radical (unpaired) electrons. The molecule has 0 spiro atoms. The molecular formula is C17H25BrN2. The molecule has 3 rings (SSSR count). The minimum atomic E-state index is 0.681. The molecule has 1 unspecified atom stereocenters. The number of nitrogens with zero attached hydrogens (tertiary/aromatic N) is 1. The van der Waals surface area contributed by atoms with Gasteiger partial charge in [-0.2, -0.15) is 0 Å². The number of hydrogen-bond acceptors (Lipinski definition) is 2. The predicted octanol–water partition coefficient (Wildman–Crippen LogP) is 3.73. The van der Waals surface area contributed by atoms with Crippen molar-refractivity contribution in [3.8, 4) is 0 Å². The number of piperidine rings is 1. The minimum absolute atomic E-state index is 0.681. The van der Waals surface area contributed by atoms with Crippen molar-refractivity contribution in [2.75, 3.05) is 19.6 Å². The average molecular weight is 337 g/mol. The van der Waals surface area contributed by atoms with Crippen LogP contribution in [0.4, 0.5) is 0 Å². The summed E-state index contributed by atoms with van der Waals surface area (Å²) in [4.78, 5) is 2.56. The van der Waals surface area contributed by atoms with Gasteiger partial charge in [0.05, 0.1) is 0 Å². The molecule has 0 saturated carbocycles. The van der Waals surface area contributed by atoms with Crippen LogP contribution in [0.25, 0.3) is 0 Å². The van der Waals surface area contributed by atoms with E-state index in [2.05, 4.69) is 44.3 Å². The predicted molar refractivity (Wildman–Crippen MR) is 88.0 cm³/mol. The summed E-state index contributed by atoms with van der Waals surface area (Å²) in [5.41, 5.74) is 2.90. The van der Waals surface area contributed by atoms with Gasteiger partial charge in [0, 0.05) is 17.1 Å². The maximum absolute atomic E-state index is 3.77. The minimum Gasteiger partial charge on any atom is -0.314 e. The van der Waals surface area contributed by atoms with Crippen molar-refractivity contribution in [3.63, 3.8) is 0 Å². The molecule has 2 heterocycles. The highest BCUT2D eigenvalue weighted by Gasteiger charge is 2.15. The van der Waals surface area contributed by atoms with Crippen LogP contribution < -0.4 is 5.32 Å². The molecule has 1 aromatic rings. The van der Waals surface area contributed by atoms with Crippen LogP contribution in [-0.2, 0) is 13.0 Å². The molecule has 2 saturated heterocycles. The first-order valence-corrected chi connectivity index (χ1v) is 8.83. The number of benzene rings is 1. The van der Waals surface area contributed by atoms with Gasteiger partial charge in [-0.3, -0.25) is 4.90 Å². The first kappa shape index (κ1) is 14.6. The second kappa shape index (κ2) is 7.06. The molecule has 3 heteroatoms. The second-order valence-electron chi connectivity index (χ2n) is 6.26. The number of hydrogen-bond donors (Lipinski definition) is 1. The Labute approximate surface area is 131 Å². The topological polar surface area (TPSA) is 15.3 Å². The van der Waals surface area contributed by atoms with Gasteiger partial charge in [0.2, 0.25) is 0 Å². The van der Waals surface area contributed by atoms with Crippen LogP contribution in [0.2, 0.25) is 0 Å². The van der Waals surface area contributed by atoms with Gasteiger partial charge in [-0.15, -0.1) is 0 Å². The van der Waals surface area contributed by atoms with Crippen LogP contribution in [0.1, 0.15) is 43.2 Å². The third-order valence-corrected chi connectivity index (χ3v) is 5.34. The largest absolute Gasteiger partial charge is 0.314 e. The molecule has 2 aliphatic heterocycles. The van der Waals surface area contributed by atoms with E-state index < -0.39 is 0 Å². The summed E-state index contributed by atoms with van der Waals surface area (Å²) in [5, 5.41) is 3.64. The van der Waals surface area contributed by atoms with Gasteiger partial charge in [-0.25, -0.2) is 0 Å². The summed E-state index contributed by atoms with van der Waals surface area (Å²) in [7, 11) is 0. The quantitative estimate of drug-likeness (QED) is 0.901. The van der Waals surface area contributed by atoms with Gasteiger partial charge in [0.15, 0.2) is 0 Å². The molecule has 0 amide bonds. The van der Waals surface area contributed by atoms with Gasteiger partial charge in [-0.1, -0.05) is 34.5 Å². The van der Waals surface area contributed by atoms with E-state index in [4.69, 9.17) is 0 Å². The number of nitrogens with one attached hydrogen (secondary N) is 1. The normalized spacial score (nSPS) is 24.1. The summed E-state index contributed by atoms with van der Waals surface area (Å²) < 4.78 is 1.29. The molecule has 0 aliphatic carbocycles. The van der Waals surface area contributed by atoms with Crippen LogP contribution in [-0.4, -0.2) is 30.6 Å². The third kappa shape index (κ3) is 3.84. The lowest BCUT2D eigenvalue weighted by molar-refractivity contribution is 0.330. The van der Waals surface area contributed by atoms with Crippen LogP contribution in [0.15, 0.2) is 22.7 Å². The second-order valence-corrected chi connectivity index (χ2v) is 7.11. The van der Waals surface area contributed by atoms with Gasteiger partial charge in [0.25, 0.3) is 0 Å². The van der Waals surface area contributed by atoms with Crippen molar-refractivity contribution in [1.82, 2.24) is 10.2 Å². The Bertz CT molecular complexity index is 435. The molecule has 2 nitrogen and oxygen atoms in total. The Balaban J connectivity index is 1.60. The van der Waals surface area contributed by atoms with E-state index in [1.54, 1.807) is 0 Å². The van der Waals surface area contributed by atoms with Crippen molar-refractivity contribution in [2.45, 2.75) is 51.1 Å². The van der Waals surface area contributed by atoms with Crippen molar-refractivity contribution in [3.05, 3.63) is 33.8 Å². The maximum atomic E-state index is 3.77. The Morgan fingerprint density at radius 3 is 2.70 bits per heavy atom. The molecule has 1 atom stereocenters. The Morgan fingerprint density at radius 1 is 1.15 bits per heavy atom. The van der Waals surface area contributed by atoms with E-state index in [9.17, 15) is 0 Å².